The highest BCUT2D eigenvalue weighted by Crippen LogP contribution is 2.56. The van der Waals surface area contributed by atoms with Gasteiger partial charge in [0.2, 0.25) is 11.8 Å². The van der Waals surface area contributed by atoms with E-state index in [4.69, 9.17) is 27.9 Å². The van der Waals surface area contributed by atoms with Crippen molar-refractivity contribution in [3.8, 4) is 5.75 Å². The molecule has 47 heavy (non-hydrogen) atoms. The lowest BCUT2D eigenvalue weighted by molar-refractivity contribution is -0.136. The normalized spacial score (nSPS) is 20.8. The summed E-state index contributed by atoms with van der Waals surface area (Å²) in [5, 5.41) is 12.8. The average molecular weight is 679 g/mol. The Bertz CT molecular complexity index is 1780. The monoisotopic (exact) mass is 677 g/mol. The number of halogens is 3. The van der Waals surface area contributed by atoms with Crippen LogP contribution in [-0.4, -0.2) is 52.9 Å². The van der Waals surface area contributed by atoms with Crippen LogP contribution in [0.25, 0.3) is 0 Å². The number of nitrogens with zero attached hydrogens (tertiary/aromatic N) is 2. The third-order valence-electron chi connectivity index (χ3n) is 8.48. The van der Waals surface area contributed by atoms with Crippen LogP contribution in [0.2, 0.25) is 5.02 Å². The van der Waals surface area contributed by atoms with Crippen LogP contribution in [0.1, 0.15) is 34.0 Å². The Hall–Kier alpha value is -4.44. The predicted octanol–water partition coefficient (Wildman–Crippen LogP) is 7.15. The first-order chi connectivity index (χ1) is 22.4. The third-order valence-corrected chi connectivity index (χ3v) is 8.84. The van der Waals surface area contributed by atoms with Gasteiger partial charge in [0, 0.05) is 48.0 Å². The molecule has 0 aliphatic carbocycles. The molecule has 2 N–H and O–H groups in total. The molecule has 11 heteroatoms. The van der Waals surface area contributed by atoms with Gasteiger partial charge < -0.3 is 20.1 Å². The molecule has 8 nitrogen and oxygen atoms in total. The number of amides is 2. The quantitative estimate of drug-likeness (QED) is 0.209. The minimum Gasteiger partial charge on any atom is -0.494 e. The van der Waals surface area contributed by atoms with E-state index in [1.54, 1.807) is 37.4 Å². The fourth-order valence-electron chi connectivity index (χ4n) is 6.55. The number of carbonyl (C=O) groups excluding carboxylic acids is 2. The molecule has 0 saturated carbocycles. The highest BCUT2D eigenvalue weighted by Gasteiger charge is 2.65. The second kappa shape index (κ2) is 14.1. The standard InChI is InChI=1S/C36H34Cl2FN3O5/c1-4-47-27-9-6-8-24(17-27)20-42-21-28(33(43)41(3)19-23-11-13-25(14-12-23)34(44)45)32(30(39)10-5-7-22(2)37)36(42)29-16-15-26(38)18-31(29)40-35(36)46/h5-18,28,32H,2,4,19-21H2,1,3H3,(H,40,46)(H,44,45)/b7-5-,30-10-/t28-,32?,36?/m1/s1. The first-order valence-electron chi connectivity index (χ1n) is 15.0. The summed E-state index contributed by atoms with van der Waals surface area (Å²) in [6.07, 6.45) is 4.04. The van der Waals surface area contributed by atoms with Gasteiger partial charge >= 0.3 is 5.97 Å². The van der Waals surface area contributed by atoms with Crippen molar-refractivity contribution in [1.29, 1.82) is 0 Å². The Balaban J connectivity index is 1.62. The zero-order valence-electron chi connectivity index (χ0n) is 25.9. The van der Waals surface area contributed by atoms with E-state index < -0.39 is 35.1 Å². The fourth-order valence-corrected chi connectivity index (χ4v) is 6.79. The van der Waals surface area contributed by atoms with Crippen LogP contribution in [0.15, 0.2) is 102 Å². The number of rotatable bonds is 11. The second-order valence-corrected chi connectivity index (χ2v) is 12.4. The molecule has 3 aromatic carbocycles. The van der Waals surface area contributed by atoms with E-state index in [1.807, 2.05) is 36.1 Å². The van der Waals surface area contributed by atoms with E-state index >= 15 is 4.39 Å². The molecule has 3 aromatic rings. The average Bonchev–Trinajstić information content (AvgIpc) is 3.51. The van der Waals surface area contributed by atoms with Crippen LogP contribution < -0.4 is 10.1 Å². The van der Waals surface area contributed by atoms with E-state index in [-0.39, 0.29) is 36.1 Å². The Kier molecular flexibility index (Phi) is 10.2. The number of benzene rings is 3. The summed E-state index contributed by atoms with van der Waals surface area (Å²) in [6, 6.07) is 18.6. The number of carboxylic acid groups (broad SMARTS) is 1. The number of nitrogens with one attached hydrogen (secondary N) is 1. The number of ether oxygens (including phenoxy) is 1. The van der Waals surface area contributed by atoms with Crippen molar-refractivity contribution >= 4 is 46.7 Å². The maximum Gasteiger partial charge on any atom is 0.335 e. The molecule has 5 rings (SSSR count). The lowest BCUT2D eigenvalue weighted by Gasteiger charge is -2.37. The molecule has 3 atom stereocenters. The van der Waals surface area contributed by atoms with Gasteiger partial charge in [-0.25, -0.2) is 9.18 Å². The number of carbonyl (C=O) groups is 3. The van der Waals surface area contributed by atoms with Crippen LogP contribution in [0.3, 0.4) is 0 Å². The predicted molar refractivity (Wildman–Crippen MR) is 180 cm³/mol. The summed E-state index contributed by atoms with van der Waals surface area (Å²) in [5.41, 5.74) is 0.964. The van der Waals surface area contributed by atoms with Gasteiger partial charge in [0.15, 0.2) is 0 Å². The topological polar surface area (TPSA) is 99.2 Å². The summed E-state index contributed by atoms with van der Waals surface area (Å²) in [7, 11) is 1.60. The summed E-state index contributed by atoms with van der Waals surface area (Å²) in [4.78, 5) is 43.3. The molecule has 1 spiro atoms. The number of carboxylic acids is 1. The second-order valence-electron chi connectivity index (χ2n) is 11.5. The Morgan fingerprint density at radius 2 is 1.91 bits per heavy atom. The zero-order valence-corrected chi connectivity index (χ0v) is 27.4. The lowest BCUT2D eigenvalue weighted by atomic mass is 9.74. The number of fused-ring (bicyclic) bond motifs is 2. The van der Waals surface area contributed by atoms with Crippen molar-refractivity contribution in [2.75, 3.05) is 25.5 Å². The van der Waals surface area contributed by atoms with Gasteiger partial charge in [-0.3, -0.25) is 14.5 Å². The summed E-state index contributed by atoms with van der Waals surface area (Å²) in [5.74, 6) is -4.18. The molecule has 2 heterocycles. The highest BCUT2D eigenvalue weighted by molar-refractivity contribution is 6.31. The Morgan fingerprint density at radius 1 is 1.17 bits per heavy atom. The van der Waals surface area contributed by atoms with Crippen LogP contribution in [0, 0.1) is 11.8 Å². The summed E-state index contributed by atoms with van der Waals surface area (Å²) < 4.78 is 22.5. The zero-order chi connectivity index (χ0) is 33.9. The molecular formula is C36H34Cl2FN3O5. The number of allylic oxidation sites excluding steroid dienone is 4. The molecule has 2 aliphatic heterocycles. The number of aromatic carboxylic acids is 1. The minimum atomic E-state index is -1.61. The van der Waals surface area contributed by atoms with Crippen LogP contribution in [0.4, 0.5) is 10.1 Å². The lowest BCUT2D eigenvalue weighted by Crippen LogP contribution is -2.51. The van der Waals surface area contributed by atoms with Gasteiger partial charge in [0.1, 0.15) is 17.1 Å². The highest BCUT2D eigenvalue weighted by atomic mass is 35.5. The van der Waals surface area contributed by atoms with Crippen molar-refractivity contribution in [3.63, 3.8) is 0 Å². The Labute approximate surface area is 282 Å². The fraction of sp³-hybridized carbons (Fsp3) is 0.250. The summed E-state index contributed by atoms with van der Waals surface area (Å²) in [6.45, 7) is 6.36. The van der Waals surface area contributed by atoms with E-state index in [1.165, 1.54) is 35.3 Å². The SMILES string of the molecule is C=C(Cl)/C=C\C=C(/F)C1[C@H](C(=O)N(C)Cc2ccc(C(=O)O)cc2)CN(Cc2cccc(OCC)c2)C12C(=O)Nc1cc(Cl)ccc12. The van der Waals surface area contributed by atoms with Gasteiger partial charge in [-0.05, 0) is 66.6 Å². The van der Waals surface area contributed by atoms with Crippen LogP contribution >= 0.6 is 23.2 Å². The smallest absolute Gasteiger partial charge is 0.335 e. The van der Waals surface area contributed by atoms with E-state index in [0.717, 1.165) is 5.56 Å². The molecule has 1 saturated heterocycles. The van der Waals surface area contributed by atoms with E-state index in [2.05, 4.69) is 11.9 Å². The van der Waals surface area contributed by atoms with Crippen molar-refractivity contribution in [3.05, 3.63) is 130 Å². The number of likely N-dealkylation sites (tertiary alicyclic amines) is 1. The molecule has 0 bridgehead atoms. The molecule has 2 unspecified atom stereocenters. The van der Waals surface area contributed by atoms with Gasteiger partial charge in [-0.2, -0.15) is 0 Å². The van der Waals surface area contributed by atoms with E-state index in [9.17, 15) is 19.5 Å². The van der Waals surface area contributed by atoms with Crippen molar-refractivity contribution in [2.24, 2.45) is 11.8 Å². The number of hydrogen-bond donors (Lipinski definition) is 2. The molecule has 2 amide bonds. The molecule has 1 fully saturated rings. The molecule has 2 aliphatic rings. The first kappa shape index (κ1) is 33.9. The maximum absolute atomic E-state index is 16.8. The largest absolute Gasteiger partial charge is 0.494 e. The summed E-state index contributed by atoms with van der Waals surface area (Å²) >= 11 is 12.2. The number of hydrogen-bond acceptors (Lipinski definition) is 5. The van der Waals surface area contributed by atoms with Crippen molar-refractivity contribution in [1.82, 2.24) is 9.80 Å². The first-order valence-corrected chi connectivity index (χ1v) is 15.7. The van der Waals surface area contributed by atoms with Gasteiger partial charge in [0.25, 0.3) is 0 Å². The van der Waals surface area contributed by atoms with Crippen molar-refractivity contribution < 1.29 is 28.6 Å². The van der Waals surface area contributed by atoms with Crippen LogP contribution in [0.5, 0.6) is 5.75 Å². The van der Waals surface area contributed by atoms with Gasteiger partial charge in [-0.15, -0.1) is 0 Å². The molecule has 0 aromatic heterocycles. The van der Waals surface area contributed by atoms with Crippen molar-refractivity contribution in [2.45, 2.75) is 25.6 Å². The van der Waals surface area contributed by atoms with Gasteiger partial charge in [0.05, 0.1) is 24.0 Å². The van der Waals surface area contributed by atoms with Crippen LogP contribution in [-0.2, 0) is 28.2 Å². The van der Waals surface area contributed by atoms with E-state index in [0.29, 0.717) is 34.2 Å². The minimum absolute atomic E-state index is 0.0489. The molecule has 0 radical (unpaired) electrons. The van der Waals surface area contributed by atoms with Gasteiger partial charge in [-0.1, -0.05) is 66.2 Å². The Morgan fingerprint density at radius 3 is 2.60 bits per heavy atom. The maximum atomic E-state index is 16.8. The third kappa shape index (κ3) is 6.83. The number of anilines is 1. The molecular weight excluding hydrogens is 644 g/mol. The molecule has 244 valence electrons.